The topological polar surface area (TPSA) is 187 Å². The van der Waals surface area contributed by atoms with Gasteiger partial charge in [0, 0.05) is 28.0 Å². The molecule has 3 aliphatic carbocycles. The molecule has 1 aromatic carbocycles. The largest absolute Gasteiger partial charge is 0.508 e. The highest BCUT2D eigenvalue weighted by Crippen LogP contribution is 2.57. The fourth-order valence-electron chi connectivity index (χ4n) is 5.66. The number of nitrogens with zero attached hydrogens (tertiary/aromatic N) is 1. The molecule has 0 bridgehead atoms. The Kier molecular flexibility index (Phi) is 4.96. The van der Waals surface area contributed by atoms with E-state index in [9.17, 15) is 34.8 Å². The van der Waals surface area contributed by atoms with Gasteiger partial charge in [0.15, 0.2) is 17.2 Å². The molecule has 0 unspecified atom stereocenters. The van der Waals surface area contributed by atoms with Crippen LogP contribution in [0.1, 0.15) is 29.3 Å². The first-order chi connectivity index (χ1) is 15.2. The van der Waals surface area contributed by atoms with E-state index in [-0.39, 0.29) is 28.1 Å². The van der Waals surface area contributed by atoms with Gasteiger partial charge >= 0.3 is 0 Å². The number of rotatable bonds is 2. The Bertz CT molecular complexity index is 1200. The number of primary amides is 1. The zero-order chi connectivity index (χ0) is 24.8. The Morgan fingerprint density at radius 3 is 2.36 bits per heavy atom. The van der Waals surface area contributed by atoms with Crippen molar-refractivity contribution in [3.63, 3.8) is 0 Å². The van der Waals surface area contributed by atoms with Crippen molar-refractivity contribution in [1.82, 2.24) is 4.90 Å². The number of amides is 1. The predicted octanol–water partition coefficient (Wildman–Crippen LogP) is -0.160. The normalized spacial score (nSPS) is 33.7. The minimum Gasteiger partial charge on any atom is -0.508 e. The molecule has 1 aromatic rings. The third-order valence-corrected chi connectivity index (χ3v) is 7.48. The van der Waals surface area contributed by atoms with Crippen molar-refractivity contribution < 1.29 is 34.8 Å². The van der Waals surface area contributed by atoms with Gasteiger partial charge in [-0.05, 0) is 39.6 Å². The number of aliphatic hydroxyl groups is 3. The molecule has 4 rings (SSSR count). The first-order valence-electron chi connectivity index (χ1n) is 10.1. The molecule has 1 amide bonds. The van der Waals surface area contributed by atoms with Crippen molar-refractivity contribution in [2.75, 3.05) is 14.1 Å². The molecule has 0 saturated carbocycles. The molecular formula is C22H24ClN3O7. The van der Waals surface area contributed by atoms with Gasteiger partial charge < -0.3 is 31.9 Å². The molecule has 8 N–H and O–H groups in total. The number of phenolic OH excluding ortho intramolecular Hbond substituents is 1. The standard InChI is InChI=1S/C22H24ClN3O7/c1-21(32)7-6-8-15(26(2)3)17(29)13(20(25)31)19(30)22(8,33)18(24)11(7)16(28)12-10(27)5-4-9(23)14(12)21/h4-5,7-8,15,27,30,32-33H,6,24H2,1-3H3,(H2,25,31)/t7-,8-,15-,21-,22-/m0/s1. The second kappa shape index (κ2) is 7.04. The van der Waals surface area contributed by atoms with Crippen molar-refractivity contribution in [3.05, 3.63) is 50.9 Å². The van der Waals surface area contributed by atoms with Gasteiger partial charge in [-0.2, -0.15) is 0 Å². The molecule has 0 heterocycles. The molecular weight excluding hydrogens is 454 g/mol. The number of halogens is 1. The van der Waals surface area contributed by atoms with Crippen LogP contribution in [0.3, 0.4) is 0 Å². The van der Waals surface area contributed by atoms with Gasteiger partial charge in [0.05, 0.1) is 22.9 Å². The van der Waals surface area contributed by atoms with Crippen LogP contribution in [0.2, 0.25) is 5.02 Å². The van der Waals surface area contributed by atoms with Crippen LogP contribution in [0.25, 0.3) is 0 Å². The van der Waals surface area contributed by atoms with E-state index in [0.29, 0.717) is 0 Å². The number of nitrogens with two attached hydrogens (primary N) is 2. The zero-order valence-electron chi connectivity index (χ0n) is 18.1. The van der Waals surface area contributed by atoms with E-state index < -0.39 is 69.3 Å². The fraction of sp³-hybridized carbons (Fsp3) is 0.409. The molecule has 0 aromatic heterocycles. The lowest BCUT2D eigenvalue weighted by Crippen LogP contribution is -2.65. The molecule has 10 nitrogen and oxygen atoms in total. The maximum absolute atomic E-state index is 13.5. The molecule has 0 radical (unpaired) electrons. The van der Waals surface area contributed by atoms with Crippen LogP contribution in [0, 0.1) is 11.8 Å². The maximum Gasteiger partial charge on any atom is 0.255 e. The monoisotopic (exact) mass is 477 g/mol. The van der Waals surface area contributed by atoms with Gasteiger partial charge in [-0.1, -0.05) is 11.6 Å². The fourth-order valence-corrected chi connectivity index (χ4v) is 6.01. The first kappa shape index (κ1) is 23.2. The smallest absolute Gasteiger partial charge is 0.255 e. The van der Waals surface area contributed by atoms with Crippen LogP contribution in [-0.4, -0.2) is 68.5 Å². The quantitative estimate of drug-likeness (QED) is 0.314. The molecule has 5 atom stereocenters. The average Bonchev–Trinajstić information content (AvgIpc) is 2.69. The van der Waals surface area contributed by atoms with Gasteiger partial charge in [0.1, 0.15) is 17.1 Å². The number of phenols is 1. The lowest BCUT2D eigenvalue weighted by molar-refractivity contribution is -0.136. The number of hydrogen-bond donors (Lipinski definition) is 6. The van der Waals surface area contributed by atoms with Crippen LogP contribution in [0.5, 0.6) is 5.75 Å². The van der Waals surface area contributed by atoms with Crippen molar-refractivity contribution >= 4 is 29.1 Å². The molecule has 33 heavy (non-hydrogen) atoms. The van der Waals surface area contributed by atoms with Crippen molar-refractivity contribution in [2.24, 2.45) is 23.3 Å². The number of hydrogen-bond acceptors (Lipinski definition) is 9. The summed E-state index contributed by atoms with van der Waals surface area (Å²) in [7, 11) is 3.07. The first-order valence-corrected chi connectivity index (χ1v) is 10.5. The minimum atomic E-state index is -2.49. The van der Waals surface area contributed by atoms with Crippen LogP contribution in [-0.2, 0) is 15.2 Å². The minimum absolute atomic E-state index is 0.00212. The number of ketones is 2. The molecule has 0 aliphatic heterocycles. The van der Waals surface area contributed by atoms with E-state index in [1.165, 1.54) is 38.1 Å². The highest BCUT2D eigenvalue weighted by Gasteiger charge is 2.64. The summed E-state index contributed by atoms with van der Waals surface area (Å²) in [5, 5.41) is 44.5. The van der Waals surface area contributed by atoms with Crippen LogP contribution in [0.15, 0.2) is 34.7 Å². The number of aromatic hydroxyl groups is 1. The lowest BCUT2D eigenvalue weighted by Gasteiger charge is -2.53. The average molecular weight is 478 g/mol. The van der Waals surface area contributed by atoms with E-state index in [2.05, 4.69) is 0 Å². The van der Waals surface area contributed by atoms with Crippen LogP contribution >= 0.6 is 11.6 Å². The van der Waals surface area contributed by atoms with Crippen molar-refractivity contribution in [2.45, 2.75) is 30.6 Å². The molecule has 0 saturated heterocycles. The number of carbonyl (C=O) groups excluding carboxylic acids is 3. The van der Waals surface area contributed by atoms with Crippen LogP contribution in [0.4, 0.5) is 0 Å². The van der Waals surface area contributed by atoms with E-state index in [1.807, 2.05) is 0 Å². The number of benzene rings is 1. The second-order valence-corrected chi connectivity index (χ2v) is 9.55. The Hall–Kier alpha value is -2.92. The van der Waals surface area contributed by atoms with Gasteiger partial charge in [-0.15, -0.1) is 0 Å². The summed E-state index contributed by atoms with van der Waals surface area (Å²) in [5.74, 6) is -6.54. The summed E-state index contributed by atoms with van der Waals surface area (Å²) < 4.78 is 0. The van der Waals surface area contributed by atoms with Crippen LogP contribution < -0.4 is 11.5 Å². The van der Waals surface area contributed by atoms with E-state index >= 15 is 0 Å². The van der Waals surface area contributed by atoms with Gasteiger partial charge in [-0.25, -0.2) is 0 Å². The molecule has 0 spiro atoms. The Labute approximate surface area is 193 Å². The molecule has 176 valence electrons. The summed E-state index contributed by atoms with van der Waals surface area (Å²) >= 11 is 6.29. The highest BCUT2D eigenvalue weighted by molar-refractivity contribution is 6.33. The third-order valence-electron chi connectivity index (χ3n) is 7.16. The predicted molar refractivity (Wildman–Crippen MR) is 116 cm³/mol. The Balaban J connectivity index is 2.10. The number of carbonyl (C=O) groups is 3. The van der Waals surface area contributed by atoms with E-state index in [4.69, 9.17) is 23.1 Å². The summed E-state index contributed by atoms with van der Waals surface area (Å²) in [5.41, 5.74) is 5.44. The summed E-state index contributed by atoms with van der Waals surface area (Å²) in [4.78, 5) is 40.0. The van der Waals surface area contributed by atoms with Crippen molar-refractivity contribution in [3.8, 4) is 5.75 Å². The van der Waals surface area contributed by atoms with Gasteiger partial charge in [0.25, 0.3) is 5.91 Å². The van der Waals surface area contributed by atoms with E-state index in [1.54, 1.807) is 0 Å². The molecule has 3 aliphatic rings. The Morgan fingerprint density at radius 1 is 1.21 bits per heavy atom. The molecule has 11 heteroatoms. The SMILES string of the molecule is CN(C)[C@@H]1C(=O)C(C(N)=O)=C(O)[C@@]2(O)C(N)=C3C(=O)c4c(O)ccc(Cl)c4[C@@](C)(O)[C@H]3C[C@@H]12. The van der Waals surface area contributed by atoms with Gasteiger partial charge in [-0.3, -0.25) is 19.3 Å². The summed E-state index contributed by atoms with van der Waals surface area (Å²) in [6, 6.07) is 1.38. The molecule has 0 fully saturated rings. The summed E-state index contributed by atoms with van der Waals surface area (Å²) in [6.45, 7) is 1.39. The number of likely N-dealkylation sites (N-methyl/N-ethyl adjacent to an activating group) is 1. The lowest BCUT2D eigenvalue weighted by atomic mass is 9.55. The maximum atomic E-state index is 13.5. The number of Topliss-reactive ketones (excluding diaryl/α,β-unsaturated/α-hetero) is 2. The second-order valence-electron chi connectivity index (χ2n) is 9.14. The Morgan fingerprint density at radius 2 is 1.82 bits per heavy atom. The van der Waals surface area contributed by atoms with Crippen molar-refractivity contribution in [1.29, 1.82) is 0 Å². The van der Waals surface area contributed by atoms with E-state index in [0.717, 1.165) is 0 Å². The zero-order valence-corrected chi connectivity index (χ0v) is 18.8. The summed E-state index contributed by atoms with van der Waals surface area (Å²) in [6.07, 6.45) is -0.179. The number of aliphatic hydroxyl groups excluding tert-OH is 1. The van der Waals surface area contributed by atoms with Gasteiger partial charge in [0.2, 0.25) is 0 Å². The third kappa shape index (κ3) is 2.75. The number of fused-ring (bicyclic) bond motifs is 3. The highest BCUT2D eigenvalue weighted by atomic mass is 35.5.